The van der Waals surface area contributed by atoms with E-state index in [9.17, 15) is 34.2 Å². The minimum absolute atomic E-state index is 0.0142. The van der Waals surface area contributed by atoms with Gasteiger partial charge in [-0.25, -0.2) is 0 Å². The summed E-state index contributed by atoms with van der Waals surface area (Å²) in [5.41, 5.74) is -6.11. The van der Waals surface area contributed by atoms with Gasteiger partial charge in [0.2, 0.25) is 0 Å². The average Bonchev–Trinajstić information content (AvgIpc) is 3.11. The Balaban J connectivity index is 2.47. The predicted octanol–water partition coefficient (Wildman–Crippen LogP) is 2.30. The molecule has 0 radical (unpaired) electrons. The van der Waals surface area contributed by atoms with E-state index in [4.69, 9.17) is 35.3 Å². The van der Waals surface area contributed by atoms with Crippen molar-refractivity contribution in [3.63, 3.8) is 0 Å². The number of alkyl halides is 1. The van der Waals surface area contributed by atoms with Crippen LogP contribution in [0.2, 0.25) is 0 Å². The number of rotatable bonds is 6. The Labute approximate surface area is 255 Å². The molecule has 12 nitrogen and oxygen atoms in total. The maximum atomic E-state index is 13.0. The van der Waals surface area contributed by atoms with E-state index in [0.29, 0.717) is 6.42 Å². The lowest BCUT2D eigenvalue weighted by atomic mass is 9.51. The van der Waals surface area contributed by atoms with E-state index in [1.165, 1.54) is 32.9 Å². The highest BCUT2D eigenvalue weighted by Crippen LogP contribution is 2.58. The van der Waals surface area contributed by atoms with Gasteiger partial charge < -0.3 is 33.9 Å². The third kappa shape index (κ3) is 6.19. The van der Waals surface area contributed by atoms with Crippen LogP contribution in [0, 0.1) is 17.3 Å². The molecule has 1 unspecified atom stereocenters. The van der Waals surface area contributed by atoms with E-state index >= 15 is 0 Å². The lowest BCUT2D eigenvalue weighted by Crippen LogP contribution is -2.74. The van der Waals surface area contributed by atoms with Gasteiger partial charge in [0.05, 0.1) is 16.7 Å². The lowest BCUT2D eigenvalue weighted by molar-refractivity contribution is -0.288. The highest BCUT2D eigenvalue weighted by atomic mass is 35.5. The standard InChI is InChI=1S/C30H41ClO12/c1-9-10-22(35)42-21-13-20(40-17(5)33)28(7)19(39-16(4)32)12-11-14(2)23(31)25-30(38,15(3)27(36)43-25)26(41-18(6)34)24(28)29(21,8)37/h11-12,15,19-21,23-26,37-38H,2,9-10,13H2,1,3-8H3/b12-11-/t15?,19-,20-,21+,23-,24+,25-,26-,28-,29+,30-/m0/s1. The van der Waals surface area contributed by atoms with Gasteiger partial charge in [-0.3, -0.25) is 24.0 Å². The van der Waals surface area contributed by atoms with E-state index < -0.39 is 94.2 Å². The second-order valence-corrected chi connectivity index (χ2v) is 12.5. The molecule has 1 aliphatic heterocycles. The van der Waals surface area contributed by atoms with Crippen LogP contribution in [0.25, 0.3) is 0 Å². The van der Waals surface area contributed by atoms with E-state index in [1.807, 2.05) is 0 Å². The molecular weight excluding hydrogens is 588 g/mol. The number of hydrogen-bond acceptors (Lipinski definition) is 12. The normalized spacial score (nSPS) is 41.5. The zero-order valence-corrected chi connectivity index (χ0v) is 26.2. The number of ether oxygens (including phenoxy) is 5. The van der Waals surface area contributed by atoms with Gasteiger partial charge in [-0.05, 0) is 31.9 Å². The third-order valence-corrected chi connectivity index (χ3v) is 9.43. The van der Waals surface area contributed by atoms with Crippen LogP contribution in [0.15, 0.2) is 24.3 Å². The second-order valence-electron chi connectivity index (χ2n) is 12.0. The van der Waals surface area contributed by atoms with Gasteiger partial charge in [0, 0.05) is 39.5 Å². The zero-order chi connectivity index (χ0) is 32.7. The van der Waals surface area contributed by atoms with Crippen molar-refractivity contribution in [1.29, 1.82) is 0 Å². The summed E-state index contributed by atoms with van der Waals surface area (Å²) in [6, 6.07) is 0. The molecule has 0 aromatic heterocycles. The van der Waals surface area contributed by atoms with Crippen LogP contribution in [0.1, 0.15) is 67.7 Å². The molecule has 1 saturated heterocycles. The van der Waals surface area contributed by atoms with Crippen molar-refractivity contribution in [2.45, 2.75) is 115 Å². The molecule has 2 aliphatic carbocycles. The van der Waals surface area contributed by atoms with Gasteiger partial charge in [-0.2, -0.15) is 0 Å². The van der Waals surface area contributed by atoms with E-state index in [0.717, 1.165) is 20.8 Å². The molecule has 3 rings (SSSR count). The van der Waals surface area contributed by atoms with Crippen molar-refractivity contribution in [2.75, 3.05) is 0 Å². The van der Waals surface area contributed by atoms with Crippen LogP contribution < -0.4 is 0 Å². The van der Waals surface area contributed by atoms with Crippen molar-refractivity contribution < 1.29 is 57.9 Å². The molecule has 1 saturated carbocycles. The predicted molar refractivity (Wildman–Crippen MR) is 150 cm³/mol. The van der Waals surface area contributed by atoms with Gasteiger partial charge in [0.25, 0.3) is 0 Å². The van der Waals surface area contributed by atoms with Crippen molar-refractivity contribution in [3.05, 3.63) is 24.3 Å². The van der Waals surface area contributed by atoms with E-state index in [1.54, 1.807) is 6.92 Å². The Morgan fingerprint density at radius 2 is 1.60 bits per heavy atom. The number of carbonyl (C=O) groups is 5. The Morgan fingerprint density at radius 1 is 1.02 bits per heavy atom. The molecular formula is C30H41ClO12. The maximum Gasteiger partial charge on any atom is 0.312 e. The second kappa shape index (κ2) is 12.6. The first-order chi connectivity index (χ1) is 19.8. The number of fused-ring (bicyclic) bond motifs is 2. The summed E-state index contributed by atoms with van der Waals surface area (Å²) < 4.78 is 28.6. The molecule has 3 aliphatic rings. The molecule has 43 heavy (non-hydrogen) atoms. The summed E-state index contributed by atoms with van der Waals surface area (Å²) in [5, 5.41) is 23.7. The first kappa shape index (κ1) is 34.5. The van der Waals surface area contributed by atoms with Crippen molar-refractivity contribution in [2.24, 2.45) is 17.3 Å². The molecule has 11 atom stereocenters. The average molecular weight is 629 g/mol. The number of hydrogen-bond donors (Lipinski definition) is 2. The summed E-state index contributed by atoms with van der Waals surface area (Å²) in [4.78, 5) is 63.4. The van der Waals surface area contributed by atoms with Crippen LogP contribution in [0.5, 0.6) is 0 Å². The molecule has 240 valence electrons. The molecule has 0 amide bonds. The lowest BCUT2D eigenvalue weighted by Gasteiger charge is -2.60. The first-order valence-electron chi connectivity index (χ1n) is 14.2. The number of carbonyl (C=O) groups excluding carboxylic acids is 5. The van der Waals surface area contributed by atoms with Crippen molar-refractivity contribution >= 4 is 41.4 Å². The van der Waals surface area contributed by atoms with Gasteiger partial charge >= 0.3 is 29.8 Å². The largest absolute Gasteiger partial charge is 0.462 e. The van der Waals surface area contributed by atoms with Crippen molar-refractivity contribution in [3.8, 4) is 0 Å². The van der Waals surface area contributed by atoms with Crippen LogP contribution in [-0.2, 0) is 47.7 Å². The van der Waals surface area contributed by atoms with E-state index in [-0.39, 0.29) is 18.4 Å². The molecule has 0 aromatic rings. The summed E-state index contributed by atoms with van der Waals surface area (Å²) in [6.07, 6.45) is -4.23. The zero-order valence-electron chi connectivity index (χ0n) is 25.5. The fourth-order valence-electron chi connectivity index (χ4n) is 6.79. The minimum Gasteiger partial charge on any atom is -0.462 e. The fraction of sp³-hybridized carbons (Fsp3) is 0.700. The minimum atomic E-state index is -2.41. The summed E-state index contributed by atoms with van der Waals surface area (Å²) in [6.45, 7) is 13.3. The molecule has 0 aromatic carbocycles. The molecule has 0 spiro atoms. The number of allylic oxidation sites excluding steroid dienone is 1. The number of aliphatic hydroxyl groups is 2. The highest BCUT2D eigenvalue weighted by molar-refractivity contribution is 6.23. The molecule has 13 heteroatoms. The van der Waals surface area contributed by atoms with Gasteiger partial charge in [-0.15, -0.1) is 11.6 Å². The van der Waals surface area contributed by atoms with E-state index in [2.05, 4.69) is 6.58 Å². The molecule has 1 heterocycles. The Hall–Kier alpha value is -2.96. The monoisotopic (exact) mass is 628 g/mol. The fourth-order valence-corrected chi connectivity index (χ4v) is 7.12. The van der Waals surface area contributed by atoms with Gasteiger partial charge in [0.15, 0.2) is 11.7 Å². The number of halogens is 1. The summed E-state index contributed by atoms with van der Waals surface area (Å²) >= 11 is 6.72. The SMILES string of the molecule is C=C1/C=C\[C@H](OC(C)=O)[C@@]2(C)[C@@H](OC(C)=O)C[C@@H](OC(=O)CCC)[C@@](C)(O)[C@@H]2[C@H](OC(C)=O)[C@]2(O)C(C)C(=O)O[C@H]2[C@H]1Cl. The maximum absolute atomic E-state index is 13.0. The van der Waals surface area contributed by atoms with Crippen LogP contribution in [0.4, 0.5) is 0 Å². The first-order valence-corrected chi connectivity index (χ1v) is 14.6. The summed E-state index contributed by atoms with van der Waals surface area (Å²) in [5.74, 6) is -6.81. The van der Waals surface area contributed by atoms with Crippen molar-refractivity contribution in [1.82, 2.24) is 0 Å². The quantitative estimate of drug-likeness (QED) is 0.250. The smallest absolute Gasteiger partial charge is 0.312 e. The summed E-state index contributed by atoms with van der Waals surface area (Å²) in [7, 11) is 0. The van der Waals surface area contributed by atoms with Crippen LogP contribution in [-0.4, -0.2) is 87.2 Å². The molecule has 0 bridgehead atoms. The Bertz CT molecular complexity index is 1200. The topological polar surface area (TPSA) is 172 Å². The highest BCUT2D eigenvalue weighted by Gasteiger charge is 2.73. The van der Waals surface area contributed by atoms with Gasteiger partial charge in [-0.1, -0.05) is 26.5 Å². The van der Waals surface area contributed by atoms with Crippen LogP contribution in [0.3, 0.4) is 0 Å². The third-order valence-electron chi connectivity index (χ3n) is 8.92. The van der Waals surface area contributed by atoms with Crippen LogP contribution >= 0.6 is 11.6 Å². The van der Waals surface area contributed by atoms with Gasteiger partial charge in [0.1, 0.15) is 30.0 Å². The molecule has 2 fully saturated rings. The molecule has 2 N–H and O–H groups in total. The number of esters is 5. The Kier molecular flexibility index (Phi) is 10.1. The Morgan fingerprint density at radius 3 is 2.14 bits per heavy atom.